The van der Waals surface area contributed by atoms with Gasteiger partial charge in [0, 0.05) is 5.54 Å². The third-order valence-corrected chi connectivity index (χ3v) is 3.70. The first-order chi connectivity index (χ1) is 7.74. The normalized spacial score (nSPS) is 42.2. The average Bonchev–Trinajstić information content (AvgIpc) is 2.68. The maximum Gasteiger partial charge on any atom is 0.164 e. The molecule has 0 amide bonds. The van der Waals surface area contributed by atoms with Crippen molar-refractivity contribution in [1.29, 1.82) is 0 Å². The van der Waals surface area contributed by atoms with Gasteiger partial charge in [-0.15, -0.1) is 0 Å². The van der Waals surface area contributed by atoms with Gasteiger partial charge in [0.2, 0.25) is 0 Å². The molecule has 100 valence electrons. The van der Waals surface area contributed by atoms with Crippen LogP contribution in [0.2, 0.25) is 0 Å². The zero-order chi connectivity index (χ0) is 12.8. The summed E-state index contributed by atoms with van der Waals surface area (Å²) in [5.74, 6) is -0.0779. The topological polar surface area (TPSA) is 30.5 Å². The van der Waals surface area contributed by atoms with Crippen molar-refractivity contribution in [3.8, 4) is 0 Å². The summed E-state index contributed by atoms with van der Waals surface area (Å²) in [6.45, 7) is 10.8. The molecule has 2 saturated heterocycles. The lowest BCUT2D eigenvalue weighted by Crippen LogP contribution is -2.51. The van der Waals surface area contributed by atoms with E-state index in [1.807, 2.05) is 13.8 Å². The van der Waals surface area contributed by atoms with Crippen LogP contribution in [0.5, 0.6) is 0 Å². The molecule has 0 aliphatic carbocycles. The smallest absolute Gasteiger partial charge is 0.164 e. The highest BCUT2D eigenvalue weighted by atomic mass is 19.1. The van der Waals surface area contributed by atoms with Crippen molar-refractivity contribution in [3.63, 3.8) is 0 Å². The van der Waals surface area contributed by atoms with Gasteiger partial charge < -0.3 is 14.8 Å². The largest absolute Gasteiger partial charge is 0.370 e. The molecule has 2 fully saturated rings. The highest BCUT2D eigenvalue weighted by Gasteiger charge is 2.59. The fraction of sp³-hybridized carbons (Fsp3) is 1.00. The lowest BCUT2D eigenvalue weighted by molar-refractivity contribution is -0.0345. The second-order valence-corrected chi connectivity index (χ2v) is 6.61. The molecule has 2 aliphatic heterocycles. The molecule has 0 aromatic rings. The van der Waals surface area contributed by atoms with Crippen molar-refractivity contribution < 1.29 is 13.9 Å². The van der Waals surface area contributed by atoms with Crippen LogP contribution in [0.4, 0.5) is 4.39 Å². The predicted octanol–water partition coefficient (Wildman–Crippen LogP) is 1.91. The van der Waals surface area contributed by atoms with E-state index in [2.05, 4.69) is 26.1 Å². The van der Waals surface area contributed by atoms with Crippen molar-refractivity contribution in [2.24, 2.45) is 5.92 Å². The van der Waals surface area contributed by atoms with Crippen molar-refractivity contribution in [1.82, 2.24) is 5.32 Å². The van der Waals surface area contributed by atoms with Crippen LogP contribution in [-0.4, -0.2) is 42.7 Å². The van der Waals surface area contributed by atoms with Crippen molar-refractivity contribution in [3.05, 3.63) is 0 Å². The molecule has 1 N–H and O–H groups in total. The van der Waals surface area contributed by atoms with Gasteiger partial charge in [0.15, 0.2) is 5.67 Å². The number of ether oxygens (including phenoxy) is 2. The molecule has 0 aromatic carbocycles. The fourth-order valence-electron chi connectivity index (χ4n) is 2.70. The van der Waals surface area contributed by atoms with Crippen LogP contribution in [0.3, 0.4) is 0 Å². The number of alkyl halides is 1. The van der Waals surface area contributed by atoms with Crippen LogP contribution in [0.25, 0.3) is 0 Å². The van der Waals surface area contributed by atoms with Gasteiger partial charge in [0.05, 0.1) is 19.3 Å². The number of nitrogens with one attached hydrogen (secondary N) is 1. The maximum atomic E-state index is 14.7. The SMILES string of the molecule is CC(C)C1(F)CO[C@@H]2[C@H](NC(C)(C)C)CO[C@@H]21. The Hall–Kier alpha value is -0.190. The first-order valence-electron chi connectivity index (χ1n) is 6.44. The van der Waals surface area contributed by atoms with Crippen LogP contribution in [0.15, 0.2) is 0 Å². The summed E-state index contributed by atoms with van der Waals surface area (Å²) in [4.78, 5) is 0. The Labute approximate surface area is 103 Å². The molecular formula is C13H24FNO2. The number of hydrogen-bond donors (Lipinski definition) is 1. The molecule has 17 heavy (non-hydrogen) atoms. The summed E-state index contributed by atoms with van der Waals surface area (Å²) in [6, 6.07) is 0.0939. The fourth-order valence-corrected chi connectivity index (χ4v) is 2.70. The average molecular weight is 245 g/mol. The van der Waals surface area contributed by atoms with Crippen LogP contribution < -0.4 is 5.32 Å². The Bertz CT molecular complexity index is 290. The Balaban J connectivity index is 2.07. The number of rotatable bonds is 2. The maximum absolute atomic E-state index is 14.7. The first kappa shape index (κ1) is 13.2. The third-order valence-electron chi connectivity index (χ3n) is 3.70. The molecule has 2 rings (SSSR count). The van der Waals surface area contributed by atoms with Gasteiger partial charge in [-0.3, -0.25) is 0 Å². The first-order valence-corrected chi connectivity index (χ1v) is 6.44. The lowest BCUT2D eigenvalue weighted by Gasteiger charge is -2.28. The molecule has 2 heterocycles. The highest BCUT2D eigenvalue weighted by molar-refractivity contribution is 5.08. The molecular weight excluding hydrogens is 221 g/mol. The molecule has 4 heteroatoms. The van der Waals surface area contributed by atoms with Crippen LogP contribution in [0.1, 0.15) is 34.6 Å². The summed E-state index contributed by atoms with van der Waals surface area (Å²) < 4.78 is 26.0. The molecule has 3 nitrogen and oxygen atoms in total. The molecule has 0 bridgehead atoms. The minimum atomic E-state index is -1.33. The van der Waals surface area contributed by atoms with E-state index in [-0.39, 0.29) is 30.2 Å². The molecule has 1 unspecified atom stereocenters. The number of halogens is 1. The van der Waals surface area contributed by atoms with Gasteiger partial charge in [0.1, 0.15) is 12.2 Å². The number of fused-ring (bicyclic) bond motifs is 1. The molecule has 4 atom stereocenters. The van der Waals surface area contributed by atoms with E-state index in [1.165, 1.54) is 0 Å². The zero-order valence-electron chi connectivity index (χ0n) is 11.4. The van der Waals surface area contributed by atoms with Gasteiger partial charge in [-0.05, 0) is 26.7 Å². The third kappa shape index (κ3) is 2.35. The van der Waals surface area contributed by atoms with E-state index in [0.29, 0.717) is 6.61 Å². The number of hydrogen-bond acceptors (Lipinski definition) is 3. The van der Waals surface area contributed by atoms with Gasteiger partial charge in [-0.25, -0.2) is 4.39 Å². The highest BCUT2D eigenvalue weighted by Crippen LogP contribution is 2.41. The Morgan fingerprint density at radius 2 is 1.94 bits per heavy atom. The summed E-state index contributed by atoms with van der Waals surface area (Å²) >= 11 is 0. The quantitative estimate of drug-likeness (QED) is 0.806. The van der Waals surface area contributed by atoms with Crippen molar-refractivity contribution in [2.45, 2.75) is 64.1 Å². The molecule has 0 spiro atoms. The van der Waals surface area contributed by atoms with Gasteiger partial charge in [-0.1, -0.05) is 13.8 Å². The van der Waals surface area contributed by atoms with Crippen molar-refractivity contribution >= 4 is 0 Å². The van der Waals surface area contributed by atoms with E-state index in [0.717, 1.165) is 0 Å². The Morgan fingerprint density at radius 3 is 2.47 bits per heavy atom. The van der Waals surface area contributed by atoms with Gasteiger partial charge in [-0.2, -0.15) is 0 Å². The second kappa shape index (κ2) is 4.18. The van der Waals surface area contributed by atoms with E-state index in [4.69, 9.17) is 9.47 Å². The summed E-state index contributed by atoms with van der Waals surface area (Å²) in [7, 11) is 0. The lowest BCUT2D eigenvalue weighted by atomic mass is 9.86. The Kier molecular flexibility index (Phi) is 3.26. The van der Waals surface area contributed by atoms with Gasteiger partial charge in [0.25, 0.3) is 0 Å². The summed E-state index contributed by atoms with van der Waals surface area (Å²) in [5, 5.41) is 3.45. The van der Waals surface area contributed by atoms with Crippen LogP contribution in [0, 0.1) is 5.92 Å². The minimum Gasteiger partial charge on any atom is -0.370 e. The van der Waals surface area contributed by atoms with Crippen LogP contribution >= 0.6 is 0 Å². The van der Waals surface area contributed by atoms with Crippen molar-refractivity contribution in [2.75, 3.05) is 13.2 Å². The van der Waals surface area contributed by atoms with E-state index < -0.39 is 11.8 Å². The summed E-state index contributed by atoms with van der Waals surface area (Å²) in [5.41, 5.74) is -1.34. The minimum absolute atomic E-state index is 0.00826. The predicted molar refractivity (Wildman–Crippen MR) is 64.8 cm³/mol. The standard InChI is InChI=1S/C13H24FNO2/c1-8(2)13(14)7-17-10-9(6-16-11(10)13)15-12(3,4)5/h8-11,15H,6-7H2,1-5H3/t9-,10-,11+,13?/m1/s1. The van der Waals surface area contributed by atoms with Gasteiger partial charge >= 0.3 is 0 Å². The summed E-state index contributed by atoms with van der Waals surface area (Å²) in [6.07, 6.45) is -0.566. The zero-order valence-corrected chi connectivity index (χ0v) is 11.4. The monoisotopic (exact) mass is 245 g/mol. The molecule has 0 aromatic heterocycles. The molecule has 0 saturated carbocycles. The molecule has 2 aliphatic rings. The van der Waals surface area contributed by atoms with E-state index in [1.54, 1.807) is 0 Å². The van der Waals surface area contributed by atoms with E-state index >= 15 is 0 Å². The van der Waals surface area contributed by atoms with E-state index in [9.17, 15) is 4.39 Å². The molecule has 0 radical (unpaired) electrons. The second-order valence-electron chi connectivity index (χ2n) is 6.61. The van der Waals surface area contributed by atoms with Crippen LogP contribution in [-0.2, 0) is 9.47 Å². The Morgan fingerprint density at radius 1 is 1.29 bits per heavy atom.